The van der Waals surface area contributed by atoms with E-state index in [1.54, 1.807) is 0 Å². The summed E-state index contributed by atoms with van der Waals surface area (Å²) in [5, 5.41) is 3.14. The fourth-order valence-corrected chi connectivity index (χ4v) is 2.49. The van der Waals surface area contributed by atoms with Crippen LogP contribution in [0.25, 0.3) is 0 Å². The monoisotopic (exact) mass is 265 g/mol. The van der Waals surface area contributed by atoms with Crippen LogP contribution in [0.2, 0.25) is 0 Å². The van der Waals surface area contributed by atoms with Crippen molar-refractivity contribution >= 4 is 11.4 Å². The Bertz CT molecular complexity index is 652. The van der Waals surface area contributed by atoms with E-state index in [2.05, 4.69) is 10.2 Å². The van der Waals surface area contributed by atoms with Crippen LogP contribution in [0, 0.1) is 4.91 Å². The van der Waals surface area contributed by atoms with Gasteiger partial charge < -0.3 is 4.90 Å². The number of para-hydroxylation sites is 1. The van der Waals surface area contributed by atoms with E-state index >= 15 is 0 Å². The Balaban J connectivity index is 2.20. The van der Waals surface area contributed by atoms with E-state index in [1.165, 1.54) is 0 Å². The maximum absolute atomic E-state index is 11.0. The summed E-state index contributed by atoms with van der Waals surface area (Å²) in [6.45, 7) is 0.497. The highest BCUT2D eigenvalue weighted by molar-refractivity contribution is 6.16. The molecule has 2 aromatic carbocycles. The quantitative estimate of drug-likeness (QED) is 0.783. The molecule has 20 heavy (non-hydrogen) atoms. The second kappa shape index (κ2) is 5.25. The molecule has 0 bridgehead atoms. The van der Waals surface area contributed by atoms with Gasteiger partial charge in [-0.1, -0.05) is 48.5 Å². The molecule has 4 nitrogen and oxygen atoms in total. The van der Waals surface area contributed by atoms with Gasteiger partial charge in [0.05, 0.1) is 12.3 Å². The second-order valence-corrected chi connectivity index (χ2v) is 4.83. The second-order valence-electron chi connectivity index (χ2n) is 4.83. The third kappa shape index (κ3) is 2.20. The van der Waals surface area contributed by atoms with Crippen LogP contribution in [0.5, 0.6) is 0 Å². The van der Waals surface area contributed by atoms with Crippen LogP contribution < -0.4 is 4.90 Å². The molecule has 0 aromatic heterocycles. The molecule has 2 aromatic rings. The van der Waals surface area contributed by atoms with E-state index in [1.807, 2.05) is 66.5 Å². The molecule has 100 valence electrons. The highest BCUT2D eigenvalue weighted by Gasteiger charge is 2.22. The van der Waals surface area contributed by atoms with Crippen molar-refractivity contribution in [1.82, 2.24) is 0 Å². The molecule has 0 spiro atoms. The summed E-state index contributed by atoms with van der Waals surface area (Å²) < 4.78 is 0. The molecule has 0 saturated heterocycles. The van der Waals surface area contributed by atoms with Crippen LogP contribution >= 0.6 is 0 Å². The first-order chi connectivity index (χ1) is 9.79. The number of anilines is 1. The van der Waals surface area contributed by atoms with Crippen molar-refractivity contribution in [2.75, 3.05) is 18.5 Å². The van der Waals surface area contributed by atoms with Crippen molar-refractivity contribution in [2.45, 2.75) is 6.17 Å². The van der Waals surface area contributed by atoms with Crippen molar-refractivity contribution in [3.63, 3.8) is 0 Å². The number of hydrogen-bond donors (Lipinski definition) is 0. The van der Waals surface area contributed by atoms with E-state index in [4.69, 9.17) is 0 Å². The molecular formula is C16H15N3O. The van der Waals surface area contributed by atoms with Crippen molar-refractivity contribution in [1.29, 1.82) is 0 Å². The first kappa shape index (κ1) is 12.5. The topological polar surface area (TPSA) is 45.0 Å². The zero-order valence-electron chi connectivity index (χ0n) is 11.2. The Hall–Kier alpha value is -2.49. The standard InChI is InChI=1S/C16H15N3O/c1-19-11-15(18-20)17-16(12-7-3-2-4-8-12)13-9-5-6-10-14(13)19/h2-10,15H,11H2,1H3. The summed E-state index contributed by atoms with van der Waals surface area (Å²) in [7, 11) is 1.96. The number of benzene rings is 2. The van der Waals surface area contributed by atoms with Crippen LogP contribution in [-0.4, -0.2) is 25.5 Å². The molecule has 1 heterocycles. The molecule has 0 aliphatic carbocycles. The van der Waals surface area contributed by atoms with Gasteiger partial charge >= 0.3 is 0 Å². The van der Waals surface area contributed by atoms with Crippen LogP contribution in [-0.2, 0) is 0 Å². The van der Waals surface area contributed by atoms with Gasteiger partial charge in [-0.25, -0.2) is 0 Å². The summed E-state index contributed by atoms with van der Waals surface area (Å²) in [5.41, 5.74) is 3.94. The average molecular weight is 265 g/mol. The molecule has 0 fully saturated rings. The molecule has 1 atom stereocenters. The number of rotatable bonds is 2. The van der Waals surface area contributed by atoms with E-state index in [9.17, 15) is 4.91 Å². The molecule has 0 saturated carbocycles. The first-order valence-electron chi connectivity index (χ1n) is 6.56. The number of aliphatic imine (C=N–C) groups is 1. The van der Waals surface area contributed by atoms with Crippen LogP contribution in [0.15, 0.2) is 64.8 Å². The van der Waals surface area contributed by atoms with Gasteiger partial charge in [-0.2, -0.15) is 0 Å². The normalized spacial score (nSPS) is 17.9. The van der Waals surface area contributed by atoms with Crippen LogP contribution in [0.4, 0.5) is 5.69 Å². The fourth-order valence-electron chi connectivity index (χ4n) is 2.49. The van der Waals surface area contributed by atoms with Crippen LogP contribution in [0.3, 0.4) is 0 Å². The highest BCUT2D eigenvalue weighted by Crippen LogP contribution is 2.26. The smallest absolute Gasteiger partial charge is 0.199 e. The van der Waals surface area contributed by atoms with Crippen molar-refractivity contribution in [3.8, 4) is 0 Å². The lowest BCUT2D eigenvalue weighted by Gasteiger charge is -2.19. The van der Waals surface area contributed by atoms with Crippen molar-refractivity contribution < 1.29 is 0 Å². The summed E-state index contributed by atoms with van der Waals surface area (Å²) in [4.78, 5) is 17.6. The Morgan fingerprint density at radius 2 is 1.80 bits per heavy atom. The van der Waals surface area contributed by atoms with Crippen LogP contribution in [0.1, 0.15) is 11.1 Å². The minimum absolute atomic E-state index is 0.497. The Morgan fingerprint density at radius 3 is 2.55 bits per heavy atom. The predicted octanol–water partition coefficient (Wildman–Crippen LogP) is 3.07. The van der Waals surface area contributed by atoms with E-state index in [-0.39, 0.29) is 0 Å². The molecule has 0 amide bonds. The number of nitroso groups, excluding NO2 is 1. The molecule has 0 radical (unpaired) electrons. The number of fused-ring (bicyclic) bond motifs is 1. The number of nitrogens with zero attached hydrogens (tertiary/aromatic N) is 3. The Morgan fingerprint density at radius 1 is 1.10 bits per heavy atom. The lowest BCUT2D eigenvalue weighted by Crippen LogP contribution is -2.25. The van der Waals surface area contributed by atoms with Gasteiger partial charge in [0.15, 0.2) is 6.17 Å². The van der Waals surface area contributed by atoms with E-state index in [0.29, 0.717) is 6.54 Å². The zero-order chi connectivity index (χ0) is 13.9. The van der Waals surface area contributed by atoms with Gasteiger partial charge in [-0.3, -0.25) is 4.99 Å². The SMILES string of the molecule is CN1CC(N=O)N=C(c2ccccc2)c2ccccc21. The lowest BCUT2D eigenvalue weighted by atomic mass is 10.0. The van der Waals surface area contributed by atoms with E-state index < -0.39 is 6.17 Å². The van der Waals surface area contributed by atoms with Crippen molar-refractivity contribution in [3.05, 3.63) is 70.6 Å². The maximum atomic E-state index is 11.0. The number of hydrogen-bond acceptors (Lipinski definition) is 4. The van der Waals surface area contributed by atoms with Gasteiger partial charge in [0.2, 0.25) is 0 Å². The Kier molecular flexibility index (Phi) is 3.29. The van der Waals surface area contributed by atoms with Gasteiger partial charge in [-0.05, 0) is 11.2 Å². The average Bonchev–Trinajstić information content (AvgIpc) is 2.65. The van der Waals surface area contributed by atoms with Gasteiger partial charge in [0.1, 0.15) is 0 Å². The molecular weight excluding hydrogens is 250 g/mol. The molecule has 3 rings (SSSR count). The third-order valence-electron chi connectivity index (χ3n) is 3.45. The maximum Gasteiger partial charge on any atom is 0.199 e. The summed E-state index contributed by atoms with van der Waals surface area (Å²) in [6.07, 6.45) is -0.581. The summed E-state index contributed by atoms with van der Waals surface area (Å²) in [6, 6.07) is 18.0. The predicted molar refractivity (Wildman–Crippen MR) is 81.4 cm³/mol. The van der Waals surface area contributed by atoms with Gasteiger partial charge in [-0.15, -0.1) is 4.91 Å². The van der Waals surface area contributed by atoms with Crippen molar-refractivity contribution in [2.24, 2.45) is 10.2 Å². The number of likely N-dealkylation sites (N-methyl/N-ethyl adjacent to an activating group) is 1. The largest absolute Gasteiger partial charge is 0.370 e. The zero-order valence-corrected chi connectivity index (χ0v) is 11.2. The third-order valence-corrected chi connectivity index (χ3v) is 3.45. The molecule has 1 aliphatic heterocycles. The summed E-state index contributed by atoms with van der Waals surface area (Å²) >= 11 is 0. The number of benzodiazepines with no additional fused rings is 1. The first-order valence-corrected chi connectivity index (χ1v) is 6.56. The summed E-state index contributed by atoms with van der Waals surface area (Å²) in [5.74, 6) is 0. The lowest BCUT2D eigenvalue weighted by molar-refractivity contribution is 0.694. The fraction of sp³-hybridized carbons (Fsp3) is 0.188. The molecule has 1 aliphatic rings. The minimum Gasteiger partial charge on any atom is -0.370 e. The highest BCUT2D eigenvalue weighted by atomic mass is 16.3. The molecule has 4 heteroatoms. The Labute approximate surface area is 117 Å². The van der Waals surface area contributed by atoms with Gasteiger partial charge in [0.25, 0.3) is 0 Å². The molecule has 1 unspecified atom stereocenters. The van der Waals surface area contributed by atoms with E-state index in [0.717, 1.165) is 22.5 Å². The molecule has 0 N–H and O–H groups in total. The van der Waals surface area contributed by atoms with Gasteiger partial charge in [0, 0.05) is 23.9 Å². The minimum atomic E-state index is -0.581.